The van der Waals surface area contributed by atoms with E-state index in [0.29, 0.717) is 6.04 Å². The lowest BCUT2D eigenvalue weighted by Gasteiger charge is -2.04. The maximum Gasteiger partial charge on any atom is 0.111 e. The molecule has 0 aromatic carbocycles. The molecule has 3 N–H and O–H groups in total. The van der Waals surface area contributed by atoms with Crippen molar-refractivity contribution in [3.63, 3.8) is 0 Å². The van der Waals surface area contributed by atoms with Gasteiger partial charge >= 0.3 is 0 Å². The molecule has 0 bridgehead atoms. The molecule has 0 radical (unpaired) electrons. The van der Waals surface area contributed by atoms with E-state index in [9.17, 15) is 0 Å². The molecule has 82 valence electrons. The van der Waals surface area contributed by atoms with Crippen molar-refractivity contribution in [3.8, 4) is 0 Å². The average molecular weight is 223 g/mol. The van der Waals surface area contributed by atoms with Gasteiger partial charge in [0.25, 0.3) is 0 Å². The molecule has 3 nitrogen and oxygen atoms in total. The monoisotopic (exact) mass is 223 g/mol. The highest BCUT2D eigenvalue weighted by Gasteiger charge is 2.20. The largest absolute Gasteiger partial charge is 0.312 e. The summed E-state index contributed by atoms with van der Waals surface area (Å²) in [6, 6.07) is 4.83. The van der Waals surface area contributed by atoms with Crippen LogP contribution in [0.2, 0.25) is 0 Å². The summed E-state index contributed by atoms with van der Waals surface area (Å²) in [5.74, 6) is 6.40. The lowest BCUT2D eigenvalue weighted by atomic mass is 10.2. The number of thiophene rings is 1. The molecule has 1 aliphatic carbocycles. The van der Waals surface area contributed by atoms with Crippen LogP contribution in [0.25, 0.3) is 0 Å². The number of aliphatic imine (C=N–C) groups is 1. The highest BCUT2D eigenvalue weighted by Crippen LogP contribution is 2.23. The van der Waals surface area contributed by atoms with E-state index in [4.69, 9.17) is 5.84 Å². The molecule has 4 heteroatoms. The molecule has 1 fully saturated rings. The second-order valence-electron chi connectivity index (χ2n) is 3.88. The zero-order chi connectivity index (χ0) is 10.5. The standard InChI is InChI=1S/C11H17N3S/c12-14-11(13-9-6-7-9)5-1-3-10-4-2-8-15-10/h2,4,8-9H,1,3,5-7,12H2,(H,13,14). The molecule has 15 heavy (non-hydrogen) atoms. The van der Waals surface area contributed by atoms with Gasteiger partial charge in [-0.3, -0.25) is 4.99 Å². The first-order valence-corrected chi connectivity index (χ1v) is 6.32. The Morgan fingerprint density at radius 2 is 2.47 bits per heavy atom. The molecule has 0 saturated heterocycles. The number of rotatable bonds is 5. The van der Waals surface area contributed by atoms with E-state index in [-0.39, 0.29) is 0 Å². The number of nitrogens with two attached hydrogens (primary N) is 1. The Balaban J connectivity index is 1.71. The Morgan fingerprint density at radius 3 is 3.07 bits per heavy atom. The molecule has 0 unspecified atom stereocenters. The van der Waals surface area contributed by atoms with Gasteiger partial charge in [-0.25, -0.2) is 5.84 Å². The first kappa shape index (κ1) is 10.6. The van der Waals surface area contributed by atoms with Crippen LogP contribution < -0.4 is 11.3 Å². The molecule has 1 aromatic rings. The third-order valence-corrected chi connectivity index (χ3v) is 3.40. The van der Waals surface area contributed by atoms with Crippen molar-refractivity contribution in [2.45, 2.75) is 38.1 Å². The number of aryl methyl sites for hydroxylation is 1. The van der Waals surface area contributed by atoms with Crippen molar-refractivity contribution in [2.75, 3.05) is 0 Å². The molecule has 2 rings (SSSR count). The molecule has 0 aliphatic heterocycles. The molecule has 1 saturated carbocycles. The Labute approximate surface area is 94.4 Å². The number of nitrogens with one attached hydrogen (secondary N) is 1. The van der Waals surface area contributed by atoms with Gasteiger partial charge in [0, 0.05) is 11.3 Å². The number of nitrogens with zero attached hydrogens (tertiary/aromatic N) is 1. The van der Waals surface area contributed by atoms with Gasteiger partial charge in [0.05, 0.1) is 6.04 Å². The van der Waals surface area contributed by atoms with Gasteiger partial charge in [-0.1, -0.05) is 6.07 Å². The quantitative estimate of drug-likeness (QED) is 0.347. The number of hydrazine groups is 1. The number of amidine groups is 1. The van der Waals surface area contributed by atoms with Gasteiger partial charge in [0.1, 0.15) is 5.84 Å². The van der Waals surface area contributed by atoms with E-state index in [2.05, 4.69) is 27.9 Å². The minimum Gasteiger partial charge on any atom is -0.312 e. The molecule has 0 atom stereocenters. The summed E-state index contributed by atoms with van der Waals surface area (Å²) in [5, 5.41) is 2.12. The number of hydrogen-bond donors (Lipinski definition) is 2. The summed E-state index contributed by atoms with van der Waals surface area (Å²) >= 11 is 1.82. The highest BCUT2D eigenvalue weighted by atomic mass is 32.1. The lowest BCUT2D eigenvalue weighted by molar-refractivity contribution is 0.828. The van der Waals surface area contributed by atoms with Crippen LogP contribution in [0, 0.1) is 0 Å². The smallest absolute Gasteiger partial charge is 0.111 e. The van der Waals surface area contributed by atoms with Gasteiger partial charge in [-0.15, -0.1) is 11.3 Å². The molecule has 1 aromatic heterocycles. The molecular weight excluding hydrogens is 206 g/mol. The Kier molecular flexibility index (Phi) is 3.75. The zero-order valence-corrected chi connectivity index (χ0v) is 9.59. The molecule has 0 amide bonds. The Bertz CT molecular complexity index is 315. The van der Waals surface area contributed by atoms with E-state index in [1.54, 1.807) is 0 Å². The second kappa shape index (κ2) is 5.28. The molecule has 1 heterocycles. The van der Waals surface area contributed by atoms with Crippen molar-refractivity contribution >= 4 is 17.2 Å². The van der Waals surface area contributed by atoms with Crippen LogP contribution in [0.4, 0.5) is 0 Å². The predicted octanol–water partition coefficient (Wildman–Crippen LogP) is 2.09. The third kappa shape index (κ3) is 3.64. The first-order valence-electron chi connectivity index (χ1n) is 5.44. The Hall–Kier alpha value is -0.870. The van der Waals surface area contributed by atoms with Crippen LogP contribution in [-0.4, -0.2) is 11.9 Å². The van der Waals surface area contributed by atoms with Crippen molar-refractivity contribution in [1.29, 1.82) is 0 Å². The second-order valence-corrected chi connectivity index (χ2v) is 4.92. The zero-order valence-electron chi connectivity index (χ0n) is 8.78. The van der Waals surface area contributed by atoms with Crippen LogP contribution in [0.3, 0.4) is 0 Å². The SMILES string of the molecule is NNC(CCCc1cccs1)=NC1CC1. The average Bonchev–Trinajstić information content (AvgIpc) is 2.91. The van der Waals surface area contributed by atoms with E-state index >= 15 is 0 Å². The fourth-order valence-corrected chi connectivity index (χ4v) is 2.23. The topological polar surface area (TPSA) is 50.4 Å². The van der Waals surface area contributed by atoms with Crippen LogP contribution in [0.5, 0.6) is 0 Å². The van der Waals surface area contributed by atoms with Gasteiger partial charge in [-0.2, -0.15) is 0 Å². The van der Waals surface area contributed by atoms with Crippen molar-refractivity contribution in [2.24, 2.45) is 10.8 Å². The van der Waals surface area contributed by atoms with E-state index in [1.807, 2.05) is 11.3 Å². The minimum atomic E-state index is 0.554. The van der Waals surface area contributed by atoms with Crippen molar-refractivity contribution in [3.05, 3.63) is 22.4 Å². The van der Waals surface area contributed by atoms with Crippen molar-refractivity contribution in [1.82, 2.24) is 5.43 Å². The summed E-state index contributed by atoms with van der Waals surface area (Å²) < 4.78 is 0. The molecular formula is C11H17N3S. The van der Waals surface area contributed by atoms with E-state index in [1.165, 1.54) is 17.7 Å². The Morgan fingerprint density at radius 1 is 1.60 bits per heavy atom. The molecule has 0 spiro atoms. The third-order valence-electron chi connectivity index (χ3n) is 2.47. The number of hydrogen-bond acceptors (Lipinski definition) is 3. The van der Waals surface area contributed by atoms with Crippen LogP contribution in [0.1, 0.15) is 30.6 Å². The summed E-state index contributed by atoms with van der Waals surface area (Å²) in [6.07, 6.45) is 5.68. The van der Waals surface area contributed by atoms with Crippen LogP contribution >= 0.6 is 11.3 Å². The minimum absolute atomic E-state index is 0.554. The van der Waals surface area contributed by atoms with Gasteiger partial charge < -0.3 is 5.43 Å². The van der Waals surface area contributed by atoms with Gasteiger partial charge in [-0.05, 0) is 37.1 Å². The normalized spacial score (nSPS) is 16.7. The highest BCUT2D eigenvalue weighted by molar-refractivity contribution is 7.09. The van der Waals surface area contributed by atoms with Crippen molar-refractivity contribution < 1.29 is 0 Å². The van der Waals surface area contributed by atoms with Gasteiger partial charge in [0.2, 0.25) is 0 Å². The predicted molar refractivity (Wildman–Crippen MR) is 65.0 cm³/mol. The van der Waals surface area contributed by atoms with E-state index < -0.39 is 0 Å². The maximum atomic E-state index is 5.43. The fraction of sp³-hybridized carbons (Fsp3) is 0.545. The summed E-state index contributed by atoms with van der Waals surface area (Å²) in [6.45, 7) is 0. The summed E-state index contributed by atoms with van der Waals surface area (Å²) in [4.78, 5) is 5.95. The fourth-order valence-electron chi connectivity index (χ4n) is 1.48. The molecule has 1 aliphatic rings. The first-order chi connectivity index (χ1) is 7.38. The summed E-state index contributed by atoms with van der Waals surface area (Å²) in [7, 11) is 0. The van der Waals surface area contributed by atoms with E-state index in [0.717, 1.165) is 25.1 Å². The maximum absolute atomic E-state index is 5.43. The van der Waals surface area contributed by atoms with Gasteiger partial charge in [0.15, 0.2) is 0 Å². The van der Waals surface area contributed by atoms with Crippen LogP contribution in [-0.2, 0) is 6.42 Å². The lowest BCUT2D eigenvalue weighted by Crippen LogP contribution is -2.30. The summed E-state index contributed by atoms with van der Waals surface area (Å²) in [5.41, 5.74) is 2.71. The van der Waals surface area contributed by atoms with Crippen LogP contribution in [0.15, 0.2) is 22.5 Å².